The molecule has 0 aliphatic carbocycles. The molecular weight excluding hydrogens is 199 g/mol. The molecule has 5 N–H and O–H groups in total. The number of nitrogens with two attached hydrogens (primary N) is 2. The Labute approximate surface area is 83.6 Å². The highest BCUT2D eigenvalue weighted by Crippen LogP contribution is 2.27. The van der Waals surface area contributed by atoms with E-state index < -0.39 is 0 Å². The van der Waals surface area contributed by atoms with Gasteiger partial charge >= 0.3 is 0 Å². The Morgan fingerprint density at radius 1 is 1.08 bits per heavy atom. The predicted octanol–water partition coefficient (Wildman–Crippen LogP) is 1.71. The number of rotatable bonds is 0. The molecule has 0 radical (unpaired) electrons. The minimum Gasteiger partial charge on any atom is -0.504 e. The topological polar surface area (TPSA) is 72.3 Å². The van der Waals surface area contributed by atoms with E-state index in [0.29, 0.717) is 11.4 Å². The standard InChI is InChI=1S/C7H10N2O.2ClH/c1-4-2-5(8)7(10)6(9)3-4;;/h2-3,10H,8-9H2,1H3;2*1H. The maximum absolute atomic E-state index is 9.08. The normalized spacial score (nSPS) is 8.08. The fraction of sp³-hybridized carbons (Fsp3) is 0.143. The SMILES string of the molecule is Cc1cc(N)c(O)c(N)c1.Cl.Cl. The van der Waals surface area contributed by atoms with Crippen LogP contribution in [0, 0.1) is 6.92 Å². The molecule has 0 unspecified atom stereocenters. The number of hydrogen-bond acceptors (Lipinski definition) is 3. The second-order valence-electron chi connectivity index (χ2n) is 2.29. The lowest BCUT2D eigenvalue weighted by atomic mass is 10.2. The van der Waals surface area contributed by atoms with Gasteiger partial charge in [-0.25, -0.2) is 0 Å². The Morgan fingerprint density at radius 3 is 1.75 bits per heavy atom. The van der Waals surface area contributed by atoms with Gasteiger partial charge in [-0.1, -0.05) is 0 Å². The summed E-state index contributed by atoms with van der Waals surface area (Å²) in [7, 11) is 0. The summed E-state index contributed by atoms with van der Waals surface area (Å²) in [5, 5.41) is 9.08. The van der Waals surface area contributed by atoms with E-state index in [2.05, 4.69) is 0 Å². The number of aryl methyl sites for hydroxylation is 1. The molecule has 0 spiro atoms. The van der Waals surface area contributed by atoms with Crippen LogP contribution < -0.4 is 11.5 Å². The van der Waals surface area contributed by atoms with Crippen LogP contribution in [0.5, 0.6) is 5.75 Å². The van der Waals surface area contributed by atoms with Crippen molar-refractivity contribution in [3.05, 3.63) is 17.7 Å². The van der Waals surface area contributed by atoms with Crippen LogP contribution in [-0.4, -0.2) is 5.11 Å². The summed E-state index contributed by atoms with van der Waals surface area (Å²) in [5.41, 5.74) is 12.4. The van der Waals surface area contributed by atoms with Crippen molar-refractivity contribution < 1.29 is 5.11 Å². The minimum atomic E-state index is -0.0226. The van der Waals surface area contributed by atoms with Gasteiger partial charge in [0.2, 0.25) is 0 Å². The van der Waals surface area contributed by atoms with Gasteiger partial charge < -0.3 is 16.6 Å². The third-order valence-corrected chi connectivity index (χ3v) is 1.31. The number of phenolic OH excluding ortho intramolecular Hbond substituents is 1. The summed E-state index contributed by atoms with van der Waals surface area (Å²) in [4.78, 5) is 0. The van der Waals surface area contributed by atoms with Gasteiger partial charge in [0.05, 0.1) is 11.4 Å². The third kappa shape index (κ3) is 2.68. The highest BCUT2D eigenvalue weighted by molar-refractivity contribution is 5.85. The number of aromatic hydroxyl groups is 1. The second-order valence-corrected chi connectivity index (χ2v) is 2.29. The lowest BCUT2D eigenvalue weighted by molar-refractivity contribution is 0.480. The highest BCUT2D eigenvalue weighted by Gasteiger charge is 2.00. The van der Waals surface area contributed by atoms with Gasteiger partial charge in [0.25, 0.3) is 0 Å². The summed E-state index contributed by atoms with van der Waals surface area (Å²) in [6.07, 6.45) is 0. The average molecular weight is 211 g/mol. The van der Waals surface area contributed by atoms with E-state index in [1.54, 1.807) is 12.1 Å². The van der Waals surface area contributed by atoms with Crippen LogP contribution >= 0.6 is 24.8 Å². The van der Waals surface area contributed by atoms with E-state index >= 15 is 0 Å². The fourth-order valence-corrected chi connectivity index (χ4v) is 0.836. The number of benzene rings is 1. The molecule has 0 amide bonds. The zero-order valence-corrected chi connectivity index (χ0v) is 8.21. The van der Waals surface area contributed by atoms with E-state index in [-0.39, 0.29) is 30.6 Å². The molecule has 70 valence electrons. The Kier molecular flexibility index (Phi) is 5.68. The predicted molar refractivity (Wildman–Crippen MR) is 56.2 cm³/mol. The Bertz CT molecular complexity index is 243. The lowest BCUT2D eigenvalue weighted by Gasteiger charge is -2.02. The van der Waals surface area contributed by atoms with Crippen molar-refractivity contribution in [2.45, 2.75) is 6.92 Å². The molecule has 3 nitrogen and oxygen atoms in total. The van der Waals surface area contributed by atoms with E-state index in [4.69, 9.17) is 16.6 Å². The Hall–Kier alpha value is -0.800. The van der Waals surface area contributed by atoms with Crippen LogP contribution in [0.2, 0.25) is 0 Å². The van der Waals surface area contributed by atoms with Gasteiger partial charge in [-0.2, -0.15) is 0 Å². The summed E-state index contributed by atoms with van der Waals surface area (Å²) in [5.74, 6) is -0.0226. The van der Waals surface area contributed by atoms with Crippen LogP contribution in [0.25, 0.3) is 0 Å². The summed E-state index contributed by atoms with van der Waals surface area (Å²) < 4.78 is 0. The van der Waals surface area contributed by atoms with Crippen LogP contribution in [0.15, 0.2) is 12.1 Å². The van der Waals surface area contributed by atoms with Gasteiger partial charge in [-0.15, -0.1) is 24.8 Å². The van der Waals surface area contributed by atoms with Crippen molar-refractivity contribution in [3.63, 3.8) is 0 Å². The van der Waals surface area contributed by atoms with Gasteiger partial charge in [0.15, 0.2) is 5.75 Å². The smallest absolute Gasteiger partial charge is 0.161 e. The number of anilines is 2. The highest BCUT2D eigenvalue weighted by atomic mass is 35.5. The van der Waals surface area contributed by atoms with E-state index in [9.17, 15) is 0 Å². The quantitative estimate of drug-likeness (QED) is 0.451. The maximum Gasteiger partial charge on any atom is 0.161 e. The van der Waals surface area contributed by atoms with E-state index in [1.807, 2.05) is 6.92 Å². The van der Waals surface area contributed by atoms with Crippen molar-refractivity contribution >= 4 is 36.2 Å². The van der Waals surface area contributed by atoms with Crippen molar-refractivity contribution in [2.75, 3.05) is 11.5 Å². The van der Waals surface area contributed by atoms with Crippen molar-refractivity contribution in [1.29, 1.82) is 0 Å². The first kappa shape index (κ1) is 13.8. The monoisotopic (exact) mass is 210 g/mol. The summed E-state index contributed by atoms with van der Waals surface area (Å²) >= 11 is 0. The molecule has 0 atom stereocenters. The number of hydrogen-bond donors (Lipinski definition) is 3. The first-order chi connectivity index (χ1) is 4.61. The first-order valence-electron chi connectivity index (χ1n) is 2.96. The molecule has 5 heteroatoms. The molecule has 0 bridgehead atoms. The van der Waals surface area contributed by atoms with E-state index in [1.165, 1.54) is 0 Å². The Balaban J connectivity index is 0. The van der Waals surface area contributed by atoms with Gasteiger partial charge in [-0.05, 0) is 24.6 Å². The Morgan fingerprint density at radius 2 is 1.42 bits per heavy atom. The number of halogens is 2. The fourth-order valence-electron chi connectivity index (χ4n) is 0.836. The number of nitrogen functional groups attached to an aromatic ring is 2. The van der Waals surface area contributed by atoms with Crippen molar-refractivity contribution in [1.82, 2.24) is 0 Å². The largest absolute Gasteiger partial charge is 0.504 e. The van der Waals surface area contributed by atoms with Gasteiger partial charge in [0.1, 0.15) is 0 Å². The molecule has 0 aromatic heterocycles. The zero-order valence-electron chi connectivity index (χ0n) is 6.57. The average Bonchev–Trinajstić information content (AvgIpc) is 1.82. The number of phenols is 1. The molecule has 0 aliphatic rings. The van der Waals surface area contributed by atoms with E-state index in [0.717, 1.165) is 5.56 Å². The third-order valence-electron chi connectivity index (χ3n) is 1.31. The van der Waals surface area contributed by atoms with Crippen molar-refractivity contribution in [3.8, 4) is 5.75 Å². The zero-order chi connectivity index (χ0) is 7.72. The minimum absolute atomic E-state index is 0. The van der Waals surface area contributed by atoms with Crippen LogP contribution in [0.4, 0.5) is 11.4 Å². The molecule has 12 heavy (non-hydrogen) atoms. The molecule has 0 saturated heterocycles. The van der Waals surface area contributed by atoms with Gasteiger partial charge in [0, 0.05) is 0 Å². The summed E-state index contributed by atoms with van der Waals surface area (Å²) in [6.45, 7) is 1.87. The van der Waals surface area contributed by atoms with Crippen LogP contribution in [0.1, 0.15) is 5.56 Å². The lowest BCUT2D eigenvalue weighted by Crippen LogP contribution is -1.92. The molecule has 1 aromatic carbocycles. The molecule has 1 aromatic rings. The van der Waals surface area contributed by atoms with Crippen LogP contribution in [-0.2, 0) is 0 Å². The molecule has 1 rings (SSSR count). The summed E-state index contributed by atoms with van der Waals surface area (Å²) in [6, 6.07) is 3.34. The first-order valence-corrected chi connectivity index (χ1v) is 2.96. The van der Waals surface area contributed by atoms with Crippen LogP contribution in [0.3, 0.4) is 0 Å². The van der Waals surface area contributed by atoms with Crippen molar-refractivity contribution in [2.24, 2.45) is 0 Å². The second kappa shape index (κ2) is 4.95. The molecule has 0 fully saturated rings. The molecule has 0 heterocycles. The molecule has 0 aliphatic heterocycles. The molecular formula is C7H12Cl2N2O. The maximum atomic E-state index is 9.08. The molecule has 0 saturated carbocycles. The van der Waals surface area contributed by atoms with Gasteiger partial charge in [-0.3, -0.25) is 0 Å².